The third kappa shape index (κ3) is 6.09. The lowest BCUT2D eigenvalue weighted by Crippen LogP contribution is -2.29. The number of pyridine rings is 1. The molecule has 1 atom stereocenters. The first-order valence-corrected chi connectivity index (χ1v) is 6.81. The van der Waals surface area contributed by atoms with Crippen LogP contribution in [0, 0.1) is 5.82 Å². The summed E-state index contributed by atoms with van der Waals surface area (Å²) in [6.45, 7) is 4.71. The van der Waals surface area contributed by atoms with Crippen LogP contribution in [-0.2, 0) is 0 Å². The van der Waals surface area contributed by atoms with Crippen LogP contribution in [-0.4, -0.2) is 48.3 Å². The van der Waals surface area contributed by atoms with E-state index < -0.39 is 0 Å². The van der Waals surface area contributed by atoms with Gasteiger partial charge in [-0.1, -0.05) is 6.92 Å². The molecular weight excluding hydrogens is 245 g/mol. The Labute approximate surface area is 114 Å². The molecule has 5 heteroatoms. The number of nitrogens with zero attached hydrogens (tertiary/aromatic N) is 2. The third-order valence-corrected chi connectivity index (χ3v) is 3.03. The fourth-order valence-electron chi connectivity index (χ4n) is 1.90. The lowest BCUT2D eigenvalue weighted by Gasteiger charge is -2.22. The highest BCUT2D eigenvalue weighted by Crippen LogP contribution is 2.15. The van der Waals surface area contributed by atoms with E-state index in [1.807, 2.05) is 7.05 Å². The molecule has 0 bridgehead atoms. The van der Waals surface area contributed by atoms with Gasteiger partial charge in [0, 0.05) is 6.54 Å². The largest absolute Gasteiger partial charge is 0.395 e. The predicted molar refractivity (Wildman–Crippen MR) is 74.4 cm³/mol. The molecule has 1 aromatic heterocycles. The van der Waals surface area contributed by atoms with Crippen LogP contribution in [0.25, 0.3) is 0 Å². The molecule has 1 heterocycles. The van der Waals surface area contributed by atoms with Crippen molar-refractivity contribution in [3.63, 3.8) is 0 Å². The van der Waals surface area contributed by atoms with Crippen molar-refractivity contribution in [2.75, 3.05) is 33.3 Å². The van der Waals surface area contributed by atoms with E-state index >= 15 is 0 Å². The van der Waals surface area contributed by atoms with E-state index in [4.69, 9.17) is 5.11 Å². The van der Waals surface area contributed by atoms with Crippen LogP contribution in [0.4, 0.5) is 4.39 Å². The molecule has 0 fully saturated rings. The molecule has 1 aromatic rings. The summed E-state index contributed by atoms with van der Waals surface area (Å²) in [5.74, 6) is -0.310. The van der Waals surface area contributed by atoms with E-state index in [9.17, 15) is 4.39 Å². The van der Waals surface area contributed by atoms with Gasteiger partial charge in [0.15, 0.2) is 0 Å². The summed E-state index contributed by atoms with van der Waals surface area (Å²) >= 11 is 0. The maximum absolute atomic E-state index is 12.9. The van der Waals surface area contributed by atoms with E-state index in [0.717, 1.165) is 31.6 Å². The van der Waals surface area contributed by atoms with Crippen molar-refractivity contribution >= 4 is 0 Å². The number of nitrogens with one attached hydrogen (secondary N) is 1. The van der Waals surface area contributed by atoms with Crippen LogP contribution < -0.4 is 5.32 Å². The van der Waals surface area contributed by atoms with Gasteiger partial charge in [-0.25, -0.2) is 4.39 Å². The minimum absolute atomic E-state index is 0.127. The number of aliphatic hydroxyl groups excluding tert-OH is 1. The van der Waals surface area contributed by atoms with Crippen molar-refractivity contribution < 1.29 is 9.50 Å². The standard InChI is InChI=1S/C14H24FN3O/c1-3-7-16-14(6-8-18(2)9-10-19)13-5-4-12(15)11-17-13/h4-5,11,14,16,19H,3,6-10H2,1-2H3. The number of halogens is 1. The smallest absolute Gasteiger partial charge is 0.141 e. The zero-order valence-corrected chi connectivity index (χ0v) is 11.8. The van der Waals surface area contributed by atoms with E-state index in [0.29, 0.717) is 6.54 Å². The van der Waals surface area contributed by atoms with Crippen molar-refractivity contribution in [3.05, 3.63) is 29.8 Å². The van der Waals surface area contributed by atoms with Gasteiger partial charge >= 0.3 is 0 Å². The van der Waals surface area contributed by atoms with Gasteiger partial charge in [-0.3, -0.25) is 4.98 Å². The summed E-state index contributed by atoms with van der Waals surface area (Å²) in [7, 11) is 1.98. The fourth-order valence-corrected chi connectivity index (χ4v) is 1.90. The van der Waals surface area contributed by atoms with E-state index in [1.54, 1.807) is 6.07 Å². The summed E-state index contributed by atoms with van der Waals surface area (Å²) in [4.78, 5) is 6.22. The zero-order chi connectivity index (χ0) is 14.1. The van der Waals surface area contributed by atoms with Gasteiger partial charge < -0.3 is 15.3 Å². The average molecular weight is 269 g/mol. The molecule has 0 aliphatic heterocycles. The Morgan fingerprint density at radius 1 is 1.42 bits per heavy atom. The first-order chi connectivity index (χ1) is 9.17. The number of aromatic nitrogens is 1. The monoisotopic (exact) mass is 269 g/mol. The van der Waals surface area contributed by atoms with Gasteiger partial charge in [0.1, 0.15) is 5.82 Å². The summed E-state index contributed by atoms with van der Waals surface area (Å²) in [6, 6.07) is 3.30. The van der Waals surface area contributed by atoms with Crippen LogP contribution in [0.1, 0.15) is 31.5 Å². The van der Waals surface area contributed by atoms with Crippen LogP contribution in [0.15, 0.2) is 18.3 Å². The summed E-state index contributed by atoms with van der Waals surface area (Å²) in [5, 5.41) is 12.3. The van der Waals surface area contributed by atoms with E-state index in [1.165, 1.54) is 12.3 Å². The lowest BCUT2D eigenvalue weighted by atomic mass is 10.1. The van der Waals surface area contributed by atoms with Gasteiger partial charge in [0.05, 0.1) is 24.5 Å². The lowest BCUT2D eigenvalue weighted by molar-refractivity contribution is 0.215. The molecule has 0 saturated heterocycles. The van der Waals surface area contributed by atoms with Gasteiger partial charge in [0.2, 0.25) is 0 Å². The first kappa shape index (κ1) is 16.0. The minimum atomic E-state index is -0.310. The van der Waals surface area contributed by atoms with Crippen LogP contribution in [0.5, 0.6) is 0 Å². The quantitative estimate of drug-likeness (QED) is 0.714. The van der Waals surface area contributed by atoms with Crippen LogP contribution in [0.2, 0.25) is 0 Å². The summed E-state index contributed by atoms with van der Waals surface area (Å²) < 4.78 is 12.9. The second-order valence-electron chi connectivity index (χ2n) is 4.72. The molecule has 19 heavy (non-hydrogen) atoms. The Balaban J connectivity index is 2.58. The Bertz CT molecular complexity index is 345. The minimum Gasteiger partial charge on any atom is -0.395 e. The molecule has 1 rings (SSSR count). The summed E-state index contributed by atoms with van der Waals surface area (Å²) in [5.41, 5.74) is 0.868. The number of hydrogen-bond acceptors (Lipinski definition) is 4. The SMILES string of the molecule is CCCNC(CCN(C)CCO)c1ccc(F)cn1. The first-order valence-electron chi connectivity index (χ1n) is 6.81. The summed E-state index contributed by atoms with van der Waals surface area (Å²) in [6.07, 6.45) is 3.19. The second kappa shape index (κ2) is 8.96. The van der Waals surface area contributed by atoms with Crippen molar-refractivity contribution in [2.24, 2.45) is 0 Å². The van der Waals surface area contributed by atoms with Crippen LogP contribution in [0.3, 0.4) is 0 Å². The Hall–Kier alpha value is -1.04. The third-order valence-electron chi connectivity index (χ3n) is 3.03. The molecule has 0 aliphatic carbocycles. The van der Waals surface area contributed by atoms with Gasteiger partial charge in [-0.2, -0.15) is 0 Å². The number of hydrogen-bond donors (Lipinski definition) is 2. The van der Waals surface area contributed by atoms with E-state index in [2.05, 4.69) is 22.1 Å². The molecule has 0 saturated carbocycles. The molecule has 1 unspecified atom stereocenters. The maximum atomic E-state index is 12.9. The fraction of sp³-hybridized carbons (Fsp3) is 0.643. The molecule has 108 valence electrons. The number of rotatable bonds is 9. The molecule has 0 aliphatic rings. The molecule has 0 radical (unpaired) electrons. The van der Waals surface area contributed by atoms with Crippen molar-refractivity contribution in [1.29, 1.82) is 0 Å². The highest BCUT2D eigenvalue weighted by molar-refractivity contribution is 5.10. The molecule has 2 N–H and O–H groups in total. The van der Waals surface area contributed by atoms with Gasteiger partial charge in [-0.15, -0.1) is 0 Å². The molecule has 4 nitrogen and oxygen atoms in total. The van der Waals surface area contributed by atoms with Crippen molar-refractivity contribution in [2.45, 2.75) is 25.8 Å². The molecule has 0 spiro atoms. The Kier molecular flexibility index (Phi) is 7.55. The van der Waals surface area contributed by atoms with Crippen molar-refractivity contribution in [3.8, 4) is 0 Å². The van der Waals surface area contributed by atoms with Gasteiger partial charge in [-0.05, 0) is 45.1 Å². The van der Waals surface area contributed by atoms with Crippen LogP contribution >= 0.6 is 0 Å². The normalized spacial score (nSPS) is 12.9. The van der Waals surface area contributed by atoms with Crippen molar-refractivity contribution in [1.82, 2.24) is 15.2 Å². The Morgan fingerprint density at radius 3 is 2.79 bits per heavy atom. The zero-order valence-electron chi connectivity index (χ0n) is 11.8. The second-order valence-corrected chi connectivity index (χ2v) is 4.72. The highest BCUT2D eigenvalue weighted by atomic mass is 19.1. The van der Waals surface area contributed by atoms with Gasteiger partial charge in [0.25, 0.3) is 0 Å². The number of aliphatic hydroxyl groups is 1. The molecule has 0 aromatic carbocycles. The molecule has 0 amide bonds. The maximum Gasteiger partial charge on any atom is 0.141 e. The van der Waals surface area contributed by atoms with E-state index in [-0.39, 0.29) is 18.5 Å². The number of likely N-dealkylation sites (N-methyl/N-ethyl adjacent to an activating group) is 1. The Morgan fingerprint density at radius 2 is 2.21 bits per heavy atom. The average Bonchev–Trinajstić information content (AvgIpc) is 2.40. The highest BCUT2D eigenvalue weighted by Gasteiger charge is 2.13. The predicted octanol–water partition coefficient (Wildman–Crippen LogP) is 1.58. The topological polar surface area (TPSA) is 48.4 Å². The molecular formula is C14H24FN3O.